The number of hydrogen-bond acceptors (Lipinski definition) is 12. The van der Waals surface area contributed by atoms with Crippen LogP contribution in [-0.4, -0.2) is 113 Å². The molecule has 0 bridgehead atoms. The SMILES string of the molecule is C=C[C@H](C)[C@@H](O)[C@H](C)[C@@H](O[C@@H]1O[C@@H](C)C[C@@H](N(C)C)[C@H]1OC(=O)OC)[C@@](C)(C[C@@H](C)[C@@H]1OC(c2c(C)cc(C)cc2C)O[C@@H]([C@@H](C)[C@@H](CC)OCOCc2ccccc2)[C@H]1C)O[Si](CC)(CC)CC. The zero-order chi connectivity index (χ0) is 51.4. The van der Waals surface area contributed by atoms with Gasteiger partial charge < -0.3 is 52.3 Å². The van der Waals surface area contributed by atoms with Gasteiger partial charge in [-0.15, -0.1) is 6.58 Å². The van der Waals surface area contributed by atoms with Crippen LogP contribution in [0.25, 0.3) is 0 Å². The Morgan fingerprint density at radius 2 is 1.57 bits per heavy atom. The molecule has 2 saturated heterocycles. The number of aryl methyl sites for hydroxylation is 3. The molecule has 0 amide bonds. The number of carbonyl (C=O) groups excluding carboxylic acids is 1. The quantitative estimate of drug-likeness (QED) is 0.0317. The van der Waals surface area contributed by atoms with Crippen LogP contribution in [0.15, 0.2) is 55.1 Å². The first kappa shape index (κ1) is 58.9. The van der Waals surface area contributed by atoms with Crippen molar-refractivity contribution in [3.8, 4) is 0 Å². The minimum Gasteiger partial charge on any atom is -0.438 e. The van der Waals surface area contributed by atoms with E-state index >= 15 is 0 Å². The fraction of sp³-hybridized carbons (Fsp3) is 0.732. The summed E-state index contributed by atoms with van der Waals surface area (Å²) in [7, 11) is 2.80. The first-order valence-electron chi connectivity index (χ1n) is 26.0. The lowest BCUT2D eigenvalue weighted by Crippen LogP contribution is -2.62. The highest BCUT2D eigenvalue weighted by molar-refractivity contribution is 6.73. The number of rotatable bonds is 26. The standard InChI is InChI=1S/C56H93NO11Si/c1-19-36(7)48(58)42(13)52(67-54-51(66-55(59)60-18)45(57(16)17)31-40(11)63-54)56(15,68-69(21-3,22-4)23-5)32-39(10)49-43(14)50(65-53(64-49)47-37(8)29-35(6)30-38(47)9)41(12)46(20-2)62-34-61-33-44-27-25-24-26-28-44/h19,24-30,36,39-43,45-46,48-54,58H,1,20-23,31-34H2,2-18H3/t36-,39+,40-,41-,42-,43-,45+,46+,48+,49-,50-,51+,52+,53?,54-,56+/m0/s1. The largest absolute Gasteiger partial charge is 0.508 e. The van der Waals surface area contributed by atoms with E-state index in [0.717, 1.165) is 46.8 Å². The molecular weight excluding hydrogens is 891 g/mol. The van der Waals surface area contributed by atoms with Crippen molar-refractivity contribution >= 4 is 14.5 Å². The van der Waals surface area contributed by atoms with Crippen LogP contribution < -0.4 is 0 Å². The van der Waals surface area contributed by atoms with Gasteiger partial charge in [-0.1, -0.05) is 116 Å². The average Bonchev–Trinajstić information content (AvgIpc) is 3.32. The third-order valence-corrected chi connectivity index (χ3v) is 20.5. The summed E-state index contributed by atoms with van der Waals surface area (Å²) in [6.45, 7) is 34.9. The van der Waals surface area contributed by atoms with Gasteiger partial charge >= 0.3 is 6.16 Å². The van der Waals surface area contributed by atoms with E-state index in [0.29, 0.717) is 19.4 Å². The molecule has 0 aliphatic carbocycles. The third kappa shape index (κ3) is 15.0. The molecule has 2 aromatic carbocycles. The Kier molecular flexibility index (Phi) is 22.9. The number of benzene rings is 2. The van der Waals surface area contributed by atoms with E-state index in [4.69, 9.17) is 42.3 Å². The fourth-order valence-corrected chi connectivity index (χ4v) is 14.7. The van der Waals surface area contributed by atoms with E-state index in [1.165, 1.54) is 12.7 Å². The normalized spacial score (nSPS) is 27.3. The van der Waals surface area contributed by atoms with Gasteiger partial charge in [0.1, 0.15) is 6.79 Å². The molecule has 0 saturated carbocycles. The molecule has 12 nitrogen and oxygen atoms in total. The first-order chi connectivity index (χ1) is 32.6. The number of likely N-dealkylation sites (N-methyl/N-ethyl adjacent to an activating group) is 1. The van der Waals surface area contributed by atoms with Gasteiger partial charge in [-0.25, -0.2) is 4.79 Å². The van der Waals surface area contributed by atoms with E-state index in [2.05, 4.69) is 107 Å². The molecule has 16 atom stereocenters. The van der Waals surface area contributed by atoms with Crippen LogP contribution in [0.2, 0.25) is 18.1 Å². The zero-order valence-corrected chi connectivity index (χ0v) is 46.6. The van der Waals surface area contributed by atoms with Gasteiger partial charge in [-0.2, -0.15) is 0 Å². The van der Waals surface area contributed by atoms with E-state index < -0.39 is 56.9 Å². The van der Waals surface area contributed by atoms with Crippen LogP contribution in [-0.2, 0) is 48.9 Å². The number of hydrogen-bond donors (Lipinski definition) is 1. The van der Waals surface area contributed by atoms with Gasteiger partial charge in [0.15, 0.2) is 27.0 Å². The predicted molar refractivity (Wildman–Crippen MR) is 276 cm³/mol. The highest BCUT2D eigenvalue weighted by Gasteiger charge is 2.54. The second kappa shape index (κ2) is 26.8. The minimum absolute atomic E-state index is 0.0195. The maximum Gasteiger partial charge on any atom is 0.508 e. The Bertz CT molecular complexity index is 1830. The monoisotopic (exact) mass is 984 g/mol. The second-order valence-electron chi connectivity index (χ2n) is 21.1. The van der Waals surface area contributed by atoms with E-state index in [9.17, 15) is 9.90 Å². The lowest BCUT2D eigenvalue weighted by molar-refractivity contribution is -0.308. The highest BCUT2D eigenvalue weighted by Crippen LogP contribution is 2.47. The molecule has 392 valence electrons. The summed E-state index contributed by atoms with van der Waals surface area (Å²) in [6, 6.07) is 17.0. The molecule has 2 aliphatic rings. The minimum atomic E-state index is -2.43. The summed E-state index contributed by atoms with van der Waals surface area (Å²) in [5.74, 6) is -0.947. The number of ether oxygens (including phenoxy) is 8. The number of methoxy groups -OCH3 is 1. The van der Waals surface area contributed by atoms with Crippen molar-refractivity contribution < 1.29 is 52.2 Å². The number of nitrogens with zero attached hydrogens (tertiary/aromatic N) is 1. The smallest absolute Gasteiger partial charge is 0.438 e. The summed E-state index contributed by atoms with van der Waals surface area (Å²) >= 11 is 0. The molecule has 0 aromatic heterocycles. The lowest BCUT2D eigenvalue weighted by atomic mass is 9.74. The van der Waals surface area contributed by atoms with Crippen molar-refractivity contribution in [1.29, 1.82) is 0 Å². The molecule has 1 unspecified atom stereocenters. The summed E-state index contributed by atoms with van der Waals surface area (Å²) in [5.41, 5.74) is 4.57. The fourth-order valence-electron chi connectivity index (χ4n) is 11.6. The van der Waals surface area contributed by atoms with Gasteiger partial charge in [0, 0.05) is 29.2 Å². The van der Waals surface area contributed by atoms with E-state index in [1.54, 1.807) is 6.08 Å². The van der Waals surface area contributed by atoms with Crippen LogP contribution >= 0.6 is 0 Å². The van der Waals surface area contributed by atoms with Gasteiger partial charge in [0.2, 0.25) is 0 Å². The lowest BCUT2D eigenvalue weighted by Gasteiger charge is -2.52. The average molecular weight is 984 g/mol. The van der Waals surface area contributed by atoms with E-state index in [-0.39, 0.29) is 60.9 Å². The molecule has 1 N–H and O–H groups in total. The summed E-state index contributed by atoms with van der Waals surface area (Å²) in [6.07, 6.45) is -2.08. The van der Waals surface area contributed by atoms with Crippen LogP contribution in [0.5, 0.6) is 0 Å². The van der Waals surface area contributed by atoms with Gasteiger partial charge in [-0.3, -0.25) is 0 Å². The first-order valence-corrected chi connectivity index (χ1v) is 28.5. The molecule has 2 heterocycles. The van der Waals surface area contributed by atoms with Crippen LogP contribution in [0.1, 0.15) is 130 Å². The summed E-state index contributed by atoms with van der Waals surface area (Å²) in [5, 5.41) is 12.2. The number of carbonyl (C=O) groups is 1. The number of aliphatic hydroxyl groups is 1. The molecule has 0 radical (unpaired) electrons. The predicted octanol–water partition coefficient (Wildman–Crippen LogP) is 11.9. The molecule has 13 heteroatoms. The molecule has 2 fully saturated rings. The van der Waals surface area contributed by atoms with Crippen molar-refractivity contribution in [2.75, 3.05) is 28.0 Å². The molecule has 2 aliphatic heterocycles. The zero-order valence-electron chi connectivity index (χ0n) is 45.6. The van der Waals surface area contributed by atoms with Gasteiger partial charge in [-0.05, 0) is 109 Å². The van der Waals surface area contributed by atoms with Crippen molar-refractivity contribution in [3.05, 3.63) is 82.9 Å². The van der Waals surface area contributed by atoms with Crippen LogP contribution in [0.3, 0.4) is 0 Å². The summed E-state index contributed by atoms with van der Waals surface area (Å²) in [4.78, 5) is 15.0. The van der Waals surface area contributed by atoms with Gasteiger partial charge in [0.25, 0.3) is 0 Å². The Morgan fingerprint density at radius 1 is 0.957 bits per heavy atom. The Balaban J connectivity index is 1.85. The van der Waals surface area contributed by atoms with Crippen LogP contribution in [0, 0.1) is 50.4 Å². The molecular formula is C56H93NO11Si. The Morgan fingerprint density at radius 3 is 2.12 bits per heavy atom. The molecule has 4 rings (SSSR count). The van der Waals surface area contributed by atoms with E-state index in [1.807, 2.05) is 58.0 Å². The molecule has 69 heavy (non-hydrogen) atoms. The topological polar surface area (TPSA) is 124 Å². The van der Waals surface area contributed by atoms with Crippen molar-refractivity contribution in [3.63, 3.8) is 0 Å². The third-order valence-electron chi connectivity index (χ3n) is 15.7. The highest BCUT2D eigenvalue weighted by atomic mass is 28.4. The molecule has 2 aromatic rings. The Hall–Kier alpha value is -2.69. The second-order valence-corrected chi connectivity index (χ2v) is 25.8. The maximum atomic E-state index is 12.9. The van der Waals surface area contributed by atoms with Crippen molar-refractivity contribution in [2.45, 2.75) is 208 Å². The molecule has 0 spiro atoms. The Labute approximate surface area is 418 Å². The number of aliphatic hydroxyl groups excluding tert-OH is 1. The summed E-state index contributed by atoms with van der Waals surface area (Å²) < 4.78 is 60.0. The van der Waals surface area contributed by atoms with Gasteiger partial charge in [0.05, 0.1) is 62.0 Å². The van der Waals surface area contributed by atoms with Crippen molar-refractivity contribution in [1.82, 2.24) is 4.90 Å². The maximum absolute atomic E-state index is 12.9. The van der Waals surface area contributed by atoms with Crippen molar-refractivity contribution in [2.24, 2.45) is 29.6 Å². The van der Waals surface area contributed by atoms with Crippen LogP contribution in [0.4, 0.5) is 4.79 Å².